The number of rotatable bonds is 6. The average molecular weight is 379 g/mol. The highest BCUT2D eigenvalue weighted by molar-refractivity contribution is 5.79. The van der Waals surface area contributed by atoms with Crippen LogP contribution < -0.4 is 5.32 Å². The number of guanidine groups is 1. The first-order valence-electron chi connectivity index (χ1n) is 9.88. The fourth-order valence-corrected chi connectivity index (χ4v) is 3.61. The Morgan fingerprint density at radius 1 is 1.18 bits per heavy atom. The van der Waals surface area contributed by atoms with E-state index >= 15 is 0 Å². The van der Waals surface area contributed by atoms with E-state index in [1.807, 2.05) is 11.9 Å². The number of aryl methyl sites for hydroxylation is 1. The molecule has 0 spiro atoms. The van der Waals surface area contributed by atoms with Crippen molar-refractivity contribution in [1.82, 2.24) is 15.1 Å². The van der Waals surface area contributed by atoms with Gasteiger partial charge in [-0.05, 0) is 35.6 Å². The van der Waals surface area contributed by atoms with Crippen LogP contribution in [-0.4, -0.2) is 42.3 Å². The van der Waals surface area contributed by atoms with Gasteiger partial charge in [-0.2, -0.15) is 0 Å². The van der Waals surface area contributed by atoms with Gasteiger partial charge in [0.2, 0.25) is 5.91 Å². The minimum atomic E-state index is 0.266. The van der Waals surface area contributed by atoms with E-state index in [1.165, 1.54) is 22.3 Å². The van der Waals surface area contributed by atoms with Crippen LogP contribution >= 0.6 is 0 Å². The Morgan fingerprint density at radius 3 is 2.68 bits per heavy atom. The molecule has 1 N–H and O–H groups in total. The van der Waals surface area contributed by atoms with Gasteiger partial charge in [-0.25, -0.2) is 0 Å². The maximum absolute atomic E-state index is 11.9. The molecule has 0 atom stereocenters. The molecule has 0 aliphatic carbocycles. The molecule has 1 aliphatic heterocycles. The lowest BCUT2D eigenvalue weighted by Gasteiger charge is -2.23. The van der Waals surface area contributed by atoms with E-state index in [0.717, 1.165) is 25.5 Å². The largest absolute Gasteiger partial charge is 0.352 e. The first kappa shape index (κ1) is 19.9. The van der Waals surface area contributed by atoms with Crippen molar-refractivity contribution in [2.24, 2.45) is 4.99 Å². The number of likely N-dealkylation sites (tertiary alicyclic amines) is 1. The molecule has 0 bridgehead atoms. The highest BCUT2D eigenvalue weighted by atomic mass is 16.2. The quantitative estimate of drug-likeness (QED) is 0.620. The van der Waals surface area contributed by atoms with E-state index < -0.39 is 0 Å². The Balaban J connectivity index is 1.58. The molecule has 28 heavy (non-hydrogen) atoms. The van der Waals surface area contributed by atoms with E-state index in [1.54, 1.807) is 0 Å². The van der Waals surface area contributed by atoms with Gasteiger partial charge in [0.05, 0.1) is 0 Å². The Kier molecular flexibility index (Phi) is 6.69. The van der Waals surface area contributed by atoms with Crippen molar-refractivity contribution in [3.63, 3.8) is 0 Å². The van der Waals surface area contributed by atoms with Crippen molar-refractivity contribution >= 4 is 11.9 Å². The van der Waals surface area contributed by atoms with Crippen LogP contribution in [0.1, 0.15) is 35.1 Å². The lowest BCUT2D eigenvalue weighted by atomic mass is 10.1. The Labute approximate surface area is 168 Å². The zero-order valence-electron chi connectivity index (χ0n) is 17.1. The Hall–Kier alpha value is -2.82. The predicted octanol–water partition coefficient (Wildman–Crippen LogP) is 3.32. The standard InChI is InChI=1S/C23H30N4O/c1-18-8-4-5-11-21(18)17-26(3)23(24-2)25-15-19-9-6-10-20(14-19)16-27-13-7-12-22(27)28/h4-6,8-11,14H,7,12-13,15-17H2,1-3H3,(H,24,25). The molecular weight excluding hydrogens is 348 g/mol. The third-order valence-electron chi connectivity index (χ3n) is 5.23. The van der Waals surface area contributed by atoms with E-state index in [0.29, 0.717) is 19.5 Å². The zero-order chi connectivity index (χ0) is 19.9. The van der Waals surface area contributed by atoms with Gasteiger partial charge in [0, 0.05) is 46.7 Å². The molecular formula is C23H30N4O. The summed E-state index contributed by atoms with van der Waals surface area (Å²) >= 11 is 0. The molecule has 2 aromatic rings. The van der Waals surface area contributed by atoms with Crippen LogP contribution in [0.4, 0.5) is 0 Å². The van der Waals surface area contributed by atoms with E-state index in [4.69, 9.17) is 0 Å². The highest BCUT2D eigenvalue weighted by Crippen LogP contribution is 2.15. The maximum atomic E-state index is 11.9. The van der Waals surface area contributed by atoms with Crippen LogP contribution in [0, 0.1) is 6.92 Å². The number of carbonyl (C=O) groups is 1. The molecule has 0 unspecified atom stereocenters. The van der Waals surface area contributed by atoms with Crippen molar-refractivity contribution in [3.8, 4) is 0 Å². The maximum Gasteiger partial charge on any atom is 0.222 e. The summed E-state index contributed by atoms with van der Waals surface area (Å²) < 4.78 is 0. The number of hydrogen-bond acceptors (Lipinski definition) is 2. The summed E-state index contributed by atoms with van der Waals surface area (Å²) in [6.07, 6.45) is 1.66. The van der Waals surface area contributed by atoms with Gasteiger partial charge < -0.3 is 15.1 Å². The van der Waals surface area contributed by atoms with Gasteiger partial charge in [-0.3, -0.25) is 9.79 Å². The zero-order valence-corrected chi connectivity index (χ0v) is 17.1. The Bertz CT molecular complexity index is 846. The second-order valence-corrected chi connectivity index (χ2v) is 7.42. The van der Waals surface area contributed by atoms with Crippen LogP contribution in [0.3, 0.4) is 0 Å². The van der Waals surface area contributed by atoms with Crippen LogP contribution in [0.5, 0.6) is 0 Å². The molecule has 1 fully saturated rings. The summed E-state index contributed by atoms with van der Waals surface area (Å²) in [5, 5.41) is 3.45. The second kappa shape index (κ2) is 9.40. The van der Waals surface area contributed by atoms with E-state index in [-0.39, 0.29) is 5.91 Å². The van der Waals surface area contributed by atoms with Gasteiger partial charge in [-0.15, -0.1) is 0 Å². The minimum absolute atomic E-state index is 0.266. The number of nitrogens with zero attached hydrogens (tertiary/aromatic N) is 3. The van der Waals surface area contributed by atoms with Crippen LogP contribution in [0.2, 0.25) is 0 Å². The molecule has 0 saturated carbocycles. The number of carbonyl (C=O) groups excluding carboxylic acids is 1. The first-order chi connectivity index (χ1) is 13.6. The van der Waals surface area contributed by atoms with Crippen molar-refractivity contribution in [3.05, 3.63) is 70.8 Å². The average Bonchev–Trinajstić information content (AvgIpc) is 3.09. The number of nitrogens with one attached hydrogen (secondary N) is 1. The summed E-state index contributed by atoms with van der Waals surface area (Å²) in [5.74, 6) is 1.13. The predicted molar refractivity (Wildman–Crippen MR) is 114 cm³/mol. The number of aliphatic imine (C=N–C) groups is 1. The molecule has 2 aromatic carbocycles. The smallest absolute Gasteiger partial charge is 0.222 e. The molecule has 148 valence electrons. The molecule has 3 rings (SSSR count). The summed E-state index contributed by atoms with van der Waals surface area (Å²) in [7, 11) is 3.86. The topological polar surface area (TPSA) is 47.9 Å². The van der Waals surface area contributed by atoms with Gasteiger partial charge in [0.1, 0.15) is 0 Å². The summed E-state index contributed by atoms with van der Waals surface area (Å²) in [6.45, 7) is 5.22. The van der Waals surface area contributed by atoms with Crippen molar-refractivity contribution in [2.75, 3.05) is 20.6 Å². The van der Waals surface area contributed by atoms with Crippen molar-refractivity contribution in [1.29, 1.82) is 0 Å². The molecule has 1 amide bonds. The molecule has 0 aromatic heterocycles. The first-order valence-corrected chi connectivity index (χ1v) is 9.88. The van der Waals surface area contributed by atoms with Crippen molar-refractivity contribution in [2.45, 2.75) is 39.4 Å². The molecule has 1 heterocycles. The summed E-state index contributed by atoms with van der Waals surface area (Å²) in [6, 6.07) is 16.9. The third-order valence-corrected chi connectivity index (χ3v) is 5.23. The number of benzene rings is 2. The normalized spacial score (nSPS) is 14.5. The van der Waals surface area contributed by atoms with Crippen LogP contribution in [0.25, 0.3) is 0 Å². The fraction of sp³-hybridized carbons (Fsp3) is 0.391. The van der Waals surface area contributed by atoms with Crippen molar-refractivity contribution < 1.29 is 4.79 Å². The third kappa shape index (κ3) is 5.12. The monoisotopic (exact) mass is 378 g/mol. The molecule has 0 radical (unpaired) electrons. The van der Waals surface area contributed by atoms with Crippen LogP contribution in [0.15, 0.2) is 53.5 Å². The molecule has 1 aliphatic rings. The SMILES string of the molecule is CN=C(NCc1cccc(CN2CCCC2=O)c1)N(C)Cc1ccccc1C. The second-order valence-electron chi connectivity index (χ2n) is 7.42. The summed E-state index contributed by atoms with van der Waals surface area (Å²) in [4.78, 5) is 20.4. The minimum Gasteiger partial charge on any atom is -0.352 e. The molecule has 5 heteroatoms. The van der Waals surface area contributed by atoms with E-state index in [9.17, 15) is 4.79 Å². The highest BCUT2D eigenvalue weighted by Gasteiger charge is 2.19. The van der Waals surface area contributed by atoms with E-state index in [2.05, 4.69) is 77.7 Å². The molecule has 5 nitrogen and oxygen atoms in total. The Morgan fingerprint density at radius 2 is 1.96 bits per heavy atom. The van der Waals surface area contributed by atoms with Crippen LogP contribution in [-0.2, 0) is 24.4 Å². The summed E-state index contributed by atoms with van der Waals surface area (Å²) in [5.41, 5.74) is 4.95. The lowest BCUT2D eigenvalue weighted by Crippen LogP contribution is -2.38. The van der Waals surface area contributed by atoms with Gasteiger partial charge in [0.15, 0.2) is 5.96 Å². The number of amides is 1. The van der Waals surface area contributed by atoms with Gasteiger partial charge >= 0.3 is 0 Å². The lowest BCUT2D eigenvalue weighted by molar-refractivity contribution is -0.128. The number of hydrogen-bond donors (Lipinski definition) is 1. The fourth-order valence-electron chi connectivity index (χ4n) is 3.61. The van der Waals surface area contributed by atoms with Gasteiger partial charge in [0.25, 0.3) is 0 Å². The molecule has 1 saturated heterocycles. The van der Waals surface area contributed by atoms with Gasteiger partial charge in [-0.1, -0.05) is 48.5 Å².